The van der Waals surface area contributed by atoms with Gasteiger partial charge >= 0.3 is 0 Å². The van der Waals surface area contributed by atoms with E-state index in [0.29, 0.717) is 5.56 Å². The molecule has 0 saturated carbocycles. The highest BCUT2D eigenvalue weighted by Gasteiger charge is 2.05. The second kappa shape index (κ2) is 12.4. The highest BCUT2D eigenvalue weighted by molar-refractivity contribution is 7.98. The topological polar surface area (TPSA) is 26.3 Å². The summed E-state index contributed by atoms with van der Waals surface area (Å²) in [7, 11) is 0. The van der Waals surface area contributed by atoms with Crippen LogP contribution in [0.15, 0.2) is 59.5 Å². The third kappa shape index (κ3) is 7.64. The molecular formula is C24H30O2S. The van der Waals surface area contributed by atoms with Crippen LogP contribution >= 0.6 is 11.8 Å². The predicted molar refractivity (Wildman–Crippen MR) is 117 cm³/mol. The van der Waals surface area contributed by atoms with Gasteiger partial charge in [0.2, 0.25) is 0 Å². The van der Waals surface area contributed by atoms with Gasteiger partial charge in [-0.2, -0.15) is 0 Å². The monoisotopic (exact) mass is 382 g/mol. The molecule has 0 unspecified atom stereocenters. The fourth-order valence-corrected chi connectivity index (χ4v) is 3.37. The maximum Gasteiger partial charge on any atom is 0.185 e. The third-order valence-corrected chi connectivity index (χ3v) is 5.21. The zero-order valence-electron chi connectivity index (χ0n) is 16.4. The van der Waals surface area contributed by atoms with E-state index < -0.39 is 0 Å². The number of unbranched alkanes of at least 4 members (excludes halogenated alkanes) is 5. The predicted octanol–water partition coefficient (Wildman–Crippen LogP) is 7.04. The van der Waals surface area contributed by atoms with Gasteiger partial charge in [0, 0.05) is 10.5 Å². The Kier molecular flexibility index (Phi) is 9.78. The van der Waals surface area contributed by atoms with E-state index in [-0.39, 0.29) is 5.78 Å². The summed E-state index contributed by atoms with van der Waals surface area (Å²) < 4.78 is 6.03. The molecule has 3 heteroatoms. The summed E-state index contributed by atoms with van der Waals surface area (Å²) in [6, 6.07) is 15.4. The number of thioether (sulfide) groups is 1. The Bertz CT molecular complexity index is 722. The molecule has 0 heterocycles. The number of ketones is 1. The molecule has 0 fully saturated rings. The lowest BCUT2D eigenvalue weighted by Crippen LogP contribution is -1.99. The summed E-state index contributed by atoms with van der Waals surface area (Å²) in [5.74, 6) is 0.921. The maximum atomic E-state index is 12.2. The second-order valence-corrected chi connectivity index (χ2v) is 7.44. The maximum absolute atomic E-state index is 12.2. The van der Waals surface area contributed by atoms with Gasteiger partial charge in [0.25, 0.3) is 0 Å². The summed E-state index contributed by atoms with van der Waals surface area (Å²) >= 11 is 1.68. The Balaban J connectivity index is 1.92. The lowest BCUT2D eigenvalue weighted by atomic mass is 10.1. The molecule has 0 amide bonds. The molecule has 0 spiro atoms. The Morgan fingerprint density at radius 1 is 1.00 bits per heavy atom. The Hall–Kier alpha value is -2.00. The van der Waals surface area contributed by atoms with Crippen molar-refractivity contribution >= 4 is 23.6 Å². The largest absolute Gasteiger partial charge is 0.492 e. The first-order chi connectivity index (χ1) is 13.2. The van der Waals surface area contributed by atoms with Gasteiger partial charge in [0.05, 0.1) is 6.61 Å². The zero-order valence-corrected chi connectivity index (χ0v) is 17.3. The fourth-order valence-electron chi connectivity index (χ4n) is 2.84. The van der Waals surface area contributed by atoms with Gasteiger partial charge in [0.15, 0.2) is 5.78 Å². The number of hydrogen-bond acceptors (Lipinski definition) is 3. The molecule has 0 saturated heterocycles. The third-order valence-electron chi connectivity index (χ3n) is 4.43. The van der Waals surface area contributed by atoms with E-state index in [4.69, 9.17) is 4.74 Å². The Morgan fingerprint density at radius 2 is 1.74 bits per heavy atom. The fraction of sp³-hybridized carbons (Fsp3) is 0.375. The first kappa shape index (κ1) is 21.3. The number of hydrogen-bond donors (Lipinski definition) is 0. The van der Waals surface area contributed by atoms with Gasteiger partial charge in [-0.3, -0.25) is 4.79 Å². The van der Waals surface area contributed by atoms with Crippen molar-refractivity contribution in [2.75, 3.05) is 12.9 Å². The smallest absolute Gasteiger partial charge is 0.185 e. The molecule has 2 nitrogen and oxygen atoms in total. The van der Waals surface area contributed by atoms with Crippen LogP contribution in [0.25, 0.3) is 6.08 Å². The molecule has 0 aromatic heterocycles. The molecule has 0 aliphatic heterocycles. The molecule has 2 aromatic carbocycles. The molecular weight excluding hydrogens is 352 g/mol. The summed E-state index contributed by atoms with van der Waals surface area (Å²) in [6.07, 6.45) is 13.1. The van der Waals surface area contributed by atoms with Crippen molar-refractivity contribution in [3.05, 3.63) is 65.7 Å². The molecule has 27 heavy (non-hydrogen) atoms. The normalized spacial score (nSPS) is 11.0. The first-order valence-electron chi connectivity index (χ1n) is 9.83. The Morgan fingerprint density at radius 3 is 2.48 bits per heavy atom. The molecule has 0 aliphatic rings. The van der Waals surface area contributed by atoms with Gasteiger partial charge in [0.1, 0.15) is 5.75 Å². The van der Waals surface area contributed by atoms with E-state index >= 15 is 0 Å². The van der Waals surface area contributed by atoms with Crippen molar-refractivity contribution in [3.63, 3.8) is 0 Å². The molecule has 2 rings (SSSR count). The molecule has 0 bridgehead atoms. The highest BCUT2D eigenvalue weighted by atomic mass is 32.2. The standard InChI is InChI=1S/C24H30O2S/c1-3-4-5-6-7-11-18-26-23-19-20(15-17-24(23)27-2)14-16-22(25)21-12-9-8-10-13-21/h8-10,12-17,19H,3-7,11,18H2,1-2H3. The van der Waals surface area contributed by atoms with E-state index in [0.717, 1.165) is 29.2 Å². The highest BCUT2D eigenvalue weighted by Crippen LogP contribution is 2.29. The van der Waals surface area contributed by atoms with E-state index in [1.54, 1.807) is 17.8 Å². The summed E-state index contributed by atoms with van der Waals surface area (Å²) in [4.78, 5) is 13.4. The second-order valence-electron chi connectivity index (χ2n) is 6.59. The average Bonchev–Trinajstić information content (AvgIpc) is 2.72. The van der Waals surface area contributed by atoms with Crippen LogP contribution in [0.5, 0.6) is 5.75 Å². The van der Waals surface area contributed by atoms with E-state index in [2.05, 4.69) is 19.2 Å². The number of carbonyl (C=O) groups is 1. The molecule has 2 aromatic rings. The average molecular weight is 383 g/mol. The van der Waals surface area contributed by atoms with Crippen LogP contribution in [0.4, 0.5) is 0 Å². The molecule has 0 atom stereocenters. The Labute approximate surface area is 168 Å². The van der Waals surface area contributed by atoms with E-state index in [1.165, 1.54) is 32.1 Å². The van der Waals surface area contributed by atoms with Gasteiger partial charge in [-0.15, -0.1) is 11.8 Å². The number of ether oxygens (including phenoxy) is 1. The van der Waals surface area contributed by atoms with Crippen molar-refractivity contribution in [2.45, 2.75) is 50.3 Å². The number of rotatable bonds is 12. The van der Waals surface area contributed by atoms with Crippen molar-refractivity contribution in [3.8, 4) is 5.75 Å². The van der Waals surface area contributed by atoms with Crippen LogP contribution in [0, 0.1) is 0 Å². The number of allylic oxidation sites excluding steroid dienone is 1. The molecule has 0 N–H and O–H groups in total. The van der Waals surface area contributed by atoms with Crippen LogP contribution in [-0.4, -0.2) is 18.6 Å². The quantitative estimate of drug-likeness (QED) is 0.170. The summed E-state index contributed by atoms with van der Waals surface area (Å²) in [5.41, 5.74) is 1.68. The van der Waals surface area contributed by atoms with E-state index in [9.17, 15) is 4.79 Å². The number of carbonyl (C=O) groups excluding carboxylic acids is 1. The van der Waals surface area contributed by atoms with Gasteiger partial charge in [-0.05, 0) is 36.4 Å². The minimum absolute atomic E-state index is 0.0130. The van der Waals surface area contributed by atoms with Crippen LogP contribution in [0.2, 0.25) is 0 Å². The van der Waals surface area contributed by atoms with Crippen LogP contribution in [0.1, 0.15) is 61.4 Å². The van der Waals surface area contributed by atoms with Gasteiger partial charge < -0.3 is 4.74 Å². The minimum atomic E-state index is 0.0130. The zero-order chi connectivity index (χ0) is 19.3. The lowest BCUT2D eigenvalue weighted by Gasteiger charge is -2.11. The van der Waals surface area contributed by atoms with Crippen molar-refractivity contribution in [1.82, 2.24) is 0 Å². The SMILES string of the molecule is CCCCCCCCOc1cc(C=CC(=O)c2ccccc2)ccc1SC. The van der Waals surface area contributed by atoms with Crippen molar-refractivity contribution in [2.24, 2.45) is 0 Å². The van der Waals surface area contributed by atoms with Crippen molar-refractivity contribution in [1.29, 1.82) is 0 Å². The summed E-state index contributed by atoms with van der Waals surface area (Å²) in [5, 5.41) is 0. The molecule has 144 valence electrons. The molecule has 0 radical (unpaired) electrons. The van der Waals surface area contributed by atoms with Crippen LogP contribution in [-0.2, 0) is 0 Å². The van der Waals surface area contributed by atoms with Crippen molar-refractivity contribution < 1.29 is 9.53 Å². The van der Waals surface area contributed by atoms with E-state index in [1.807, 2.05) is 48.5 Å². The summed E-state index contributed by atoms with van der Waals surface area (Å²) in [6.45, 7) is 2.98. The van der Waals surface area contributed by atoms with Crippen LogP contribution in [0.3, 0.4) is 0 Å². The lowest BCUT2D eigenvalue weighted by molar-refractivity contribution is 0.104. The minimum Gasteiger partial charge on any atom is -0.492 e. The first-order valence-corrected chi connectivity index (χ1v) is 11.1. The number of benzene rings is 2. The van der Waals surface area contributed by atoms with Gasteiger partial charge in [-0.1, -0.05) is 81.5 Å². The molecule has 0 aliphatic carbocycles. The van der Waals surface area contributed by atoms with Gasteiger partial charge in [-0.25, -0.2) is 0 Å². The van der Waals surface area contributed by atoms with Crippen LogP contribution < -0.4 is 4.74 Å².